The van der Waals surface area contributed by atoms with E-state index in [0.29, 0.717) is 5.92 Å². The van der Waals surface area contributed by atoms with E-state index >= 15 is 0 Å². The van der Waals surface area contributed by atoms with Crippen LogP contribution in [0.15, 0.2) is 145 Å². The fraction of sp³-hybridized carbons (Fsp3) is 0.184. The molecule has 0 heterocycles. The van der Waals surface area contributed by atoms with Crippen molar-refractivity contribution >= 4 is 5.57 Å². The monoisotopic (exact) mass is 496 g/mol. The summed E-state index contributed by atoms with van der Waals surface area (Å²) in [5.74, 6) is 0.603. The molecule has 1 atom stereocenters. The van der Waals surface area contributed by atoms with E-state index in [2.05, 4.69) is 119 Å². The first-order valence-electron chi connectivity index (χ1n) is 13.4. The number of benzene rings is 3. The van der Waals surface area contributed by atoms with E-state index in [1.54, 1.807) is 0 Å². The van der Waals surface area contributed by atoms with Crippen molar-refractivity contribution in [2.45, 2.75) is 40.5 Å². The number of aryl methyl sites for hydroxylation is 3. The molecule has 0 saturated heterocycles. The van der Waals surface area contributed by atoms with Gasteiger partial charge >= 0.3 is 0 Å². The predicted molar refractivity (Wildman–Crippen MR) is 168 cm³/mol. The topological polar surface area (TPSA) is 0 Å². The predicted octanol–water partition coefficient (Wildman–Crippen LogP) is 10.6. The summed E-state index contributed by atoms with van der Waals surface area (Å²) >= 11 is 0. The lowest BCUT2D eigenvalue weighted by atomic mass is 9.95. The highest BCUT2D eigenvalue weighted by Crippen LogP contribution is 2.22. The van der Waals surface area contributed by atoms with Gasteiger partial charge in [-0.3, -0.25) is 0 Å². The van der Waals surface area contributed by atoms with E-state index in [0.717, 1.165) is 23.1 Å². The number of allylic oxidation sites excluding steroid dienone is 9. The van der Waals surface area contributed by atoms with Gasteiger partial charge in [-0.15, -0.1) is 5.73 Å². The first kappa shape index (κ1) is 28.5. The van der Waals surface area contributed by atoms with Crippen LogP contribution in [0.1, 0.15) is 42.5 Å². The van der Waals surface area contributed by atoms with Gasteiger partial charge in [0.25, 0.3) is 0 Å². The maximum Gasteiger partial charge on any atom is 0.0164 e. The van der Waals surface area contributed by atoms with Crippen LogP contribution in [0.4, 0.5) is 0 Å². The van der Waals surface area contributed by atoms with E-state index in [-0.39, 0.29) is 0 Å². The van der Waals surface area contributed by atoms with Crippen LogP contribution in [-0.4, -0.2) is 0 Å². The summed E-state index contributed by atoms with van der Waals surface area (Å²) in [6.45, 7) is 16.7. The van der Waals surface area contributed by atoms with Crippen molar-refractivity contribution in [1.29, 1.82) is 0 Å². The smallest absolute Gasteiger partial charge is 0.0164 e. The lowest BCUT2D eigenvalue weighted by Gasteiger charge is -2.11. The van der Waals surface area contributed by atoms with Crippen LogP contribution in [0.2, 0.25) is 0 Å². The maximum atomic E-state index is 4.08. The molecule has 4 rings (SSSR count). The number of rotatable bonds is 8. The van der Waals surface area contributed by atoms with E-state index < -0.39 is 0 Å². The van der Waals surface area contributed by atoms with Gasteiger partial charge < -0.3 is 0 Å². The molecular formula is C38H40. The third kappa shape index (κ3) is 9.40. The Morgan fingerprint density at radius 2 is 1.37 bits per heavy atom. The molecule has 0 nitrogen and oxygen atoms in total. The van der Waals surface area contributed by atoms with Crippen LogP contribution in [0, 0.1) is 19.8 Å². The summed E-state index contributed by atoms with van der Waals surface area (Å²) < 4.78 is 0. The van der Waals surface area contributed by atoms with Crippen molar-refractivity contribution in [2.24, 2.45) is 5.92 Å². The van der Waals surface area contributed by atoms with Gasteiger partial charge in [0.1, 0.15) is 0 Å². The van der Waals surface area contributed by atoms with Crippen molar-refractivity contribution in [1.82, 2.24) is 0 Å². The third-order valence-electron chi connectivity index (χ3n) is 6.78. The molecule has 38 heavy (non-hydrogen) atoms. The Morgan fingerprint density at radius 3 is 1.97 bits per heavy atom. The summed E-state index contributed by atoms with van der Waals surface area (Å²) in [7, 11) is 0. The van der Waals surface area contributed by atoms with E-state index in [4.69, 9.17) is 0 Å². The van der Waals surface area contributed by atoms with Crippen molar-refractivity contribution < 1.29 is 0 Å². The van der Waals surface area contributed by atoms with Gasteiger partial charge in [-0.05, 0) is 85.6 Å². The second kappa shape index (κ2) is 14.6. The van der Waals surface area contributed by atoms with Gasteiger partial charge in [0, 0.05) is 5.57 Å². The summed E-state index contributed by atoms with van der Waals surface area (Å²) in [6.07, 6.45) is 16.3. The Bertz CT molecular complexity index is 1360. The highest BCUT2D eigenvalue weighted by Gasteiger charge is 2.04. The summed E-state index contributed by atoms with van der Waals surface area (Å²) in [5.41, 5.74) is 14.2. The van der Waals surface area contributed by atoms with Gasteiger partial charge in [-0.1, -0.05) is 134 Å². The minimum Gasteiger partial charge on any atom is -0.113 e. The molecular weight excluding hydrogens is 456 g/mol. The van der Waals surface area contributed by atoms with Crippen LogP contribution < -0.4 is 0 Å². The van der Waals surface area contributed by atoms with Gasteiger partial charge in [-0.2, -0.15) is 0 Å². The Hall–Kier alpha value is -4.12. The Morgan fingerprint density at radius 1 is 0.789 bits per heavy atom. The molecule has 0 radical (unpaired) electrons. The zero-order valence-corrected chi connectivity index (χ0v) is 23.4. The van der Waals surface area contributed by atoms with E-state index in [9.17, 15) is 0 Å². The highest BCUT2D eigenvalue weighted by atomic mass is 14.1. The van der Waals surface area contributed by atoms with Gasteiger partial charge in [0.15, 0.2) is 0 Å². The fourth-order valence-electron chi connectivity index (χ4n) is 3.87. The van der Waals surface area contributed by atoms with Gasteiger partial charge in [0.2, 0.25) is 0 Å². The minimum atomic E-state index is 0.603. The van der Waals surface area contributed by atoms with Crippen molar-refractivity contribution in [3.63, 3.8) is 0 Å². The SMILES string of the molecule is C=C(/C=C/C1=C=CC=CC=C1)c1ccc(C)cc1.C=C(C)C(C)CCc1ccc(-c2ccc(C)cc2)cc1. The van der Waals surface area contributed by atoms with Crippen LogP contribution in [0.5, 0.6) is 0 Å². The molecule has 0 bridgehead atoms. The van der Waals surface area contributed by atoms with Crippen LogP contribution in [-0.2, 0) is 6.42 Å². The Balaban J connectivity index is 0.000000212. The average Bonchev–Trinajstić information content (AvgIpc) is 3.21. The zero-order chi connectivity index (χ0) is 27.3. The first-order valence-corrected chi connectivity index (χ1v) is 13.4. The van der Waals surface area contributed by atoms with Crippen molar-refractivity contribution in [2.75, 3.05) is 0 Å². The summed E-state index contributed by atoms with van der Waals surface area (Å²) in [6, 6.07) is 26.0. The third-order valence-corrected chi connectivity index (χ3v) is 6.78. The highest BCUT2D eigenvalue weighted by molar-refractivity contribution is 5.72. The van der Waals surface area contributed by atoms with Crippen molar-refractivity contribution in [3.8, 4) is 11.1 Å². The van der Waals surface area contributed by atoms with Gasteiger partial charge in [-0.25, -0.2) is 0 Å². The molecule has 3 aromatic carbocycles. The molecule has 1 aliphatic rings. The molecule has 0 saturated carbocycles. The molecule has 192 valence electrons. The van der Waals surface area contributed by atoms with Crippen LogP contribution in [0.3, 0.4) is 0 Å². The standard InChI is InChI=1S/C20H24.C18H16/c1-15(2)17(4)7-8-18-9-13-20(14-10-18)19-11-5-16(3)6-12-19;1-15-9-13-18(14-10-15)16(2)11-12-17-7-5-3-4-6-8-17/h5-6,9-14,17H,1,7-8H2,2-4H3;3-7,9-14H,2H2,1H3/b;12-11+. The fourth-order valence-corrected chi connectivity index (χ4v) is 3.87. The summed E-state index contributed by atoms with van der Waals surface area (Å²) in [4.78, 5) is 0. The second-order valence-corrected chi connectivity index (χ2v) is 10.1. The van der Waals surface area contributed by atoms with E-state index in [1.165, 1.54) is 39.8 Å². The van der Waals surface area contributed by atoms with Crippen LogP contribution in [0.25, 0.3) is 16.7 Å². The molecule has 1 unspecified atom stereocenters. The lowest BCUT2D eigenvalue weighted by Crippen LogP contribution is -1.97. The van der Waals surface area contributed by atoms with Crippen LogP contribution >= 0.6 is 0 Å². The molecule has 0 aromatic heterocycles. The average molecular weight is 497 g/mol. The molecule has 0 amide bonds. The molecule has 0 fully saturated rings. The van der Waals surface area contributed by atoms with Gasteiger partial charge in [0.05, 0.1) is 0 Å². The summed E-state index contributed by atoms with van der Waals surface area (Å²) in [5, 5.41) is 0. The quantitative estimate of drug-likeness (QED) is 0.165. The lowest BCUT2D eigenvalue weighted by molar-refractivity contribution is 0.615. The molecule has 0 aliphatic heterocycles. The molecule has 1 aliphatic carbocycles. The zero-order valence-electron chi connectivity index (χ0n) is 23.4. The maximum absolute atomic E-state index is 4.08. The number of hydrogen-bond donors (Lipinski definition) is 0. The minimum absolute atomic E-state index is 0.603. The van der Waals surface area contributed by atoms with E-state index in [1.807, 2.05) is 42.5 Å². The first-order chi connectivity index (χ1) is 18.3. The second-order valence-electron chi connectivity index (χ2n) is 10.1. The van der Waals surface area contributed by atoms with Crippen molar-refractivity contribution in [3.05, 3.63) is 168 Å². The molecule has 0 heteroatoms. The molecule has 3 aromatic rings. The molecule has 0 N–H and O–H groups in total. The normalized spacial score (nSPS) is 12.9. The number of hydrogen-bond acceptors (Lipinski definition) is 0. The Kier molecular flexibility index (Phi) is 10.9. The Labute approximate surface area is 230 Å². The molecule has 0 spiro atoms. The largest absolute Gasteiger partial charge is 0.113 e.